The molecule has 3 aromatic rings. The van der Waals surface area contributed by atoms with E-state index in [0.717, 1.165) is 29.4 Å². The van der Waals surface area contributed by atoms with Gasteiger partial charge in [0.1, 0.15) is 5.82 Å². The maximum absolute atomic E-state index is 12.7. The Hall–Kier alpha value is -2.31. The van der Waals surface area contributed by atoms with Gasteiger partial charge in [0, 0.05) is 5.02 Å². The van der Waals surface area contributed by atoms with E-state index in [0.29, 0.717) is 23.2 Å². The van der Waals surface area contributed by atoms with Gasteiger partial charge in [-0.3, -0.25) is 4.79 Å². The minimum atomic E-state index is 0.00811. The van der Waals surface area contributed by atoms with Crippen molar-refractivity contribution in [3.63, 3.8) is 0 Å². The fourth-order valence-electron chi connectivity index (χ4n) is 3.33. The lowest BCUT2D eigenvalue weighted by molar-refractivity contribution is -0.119. The summed E-state index contributed by atoms with van der Waals surface area (Å²) in [6.45, 7) is 2.63. The van der Waals surface area contributed by atoms with E-state index in [-0.39, 0.29) is 11.9 Å². The van der Waals surface area contributed by atoms with Gasteiger partial charge >= 0.3 is 0 Å². The Kier molecular flexibility index (Phi) is 6.21. The molecule has 1 unspecified atom stereocenters. The highest BCUT2D eigenvalue weighted by Crippen LogP contribution is 2.41. The Bertz CT molecular complexity index is 970. The molecule has 1 amide bonds. The van der Waals surface area contributed by atoms with Crippen LogP contribution in [0.1, 0.15) is 35.8 Å². The number of hydrogen-bond acceptors (Lipinski definition) is 4. The zero-order chi connectivity index (χ0) is 20.2. The van der Waals surface area contributed by atoms with Crippen LogP contribution in [0.4, 0.5) is 0 Å². The summed E-state index contributed by atoms with van der Waals surface area (Å²) in [4.78, 5) is 12.7. The Morgan fingerprint density at radius 2 is 1.90 bits per heavy atom. The van der Waals surface area contributed by atoms with Crippen LogP contribution in [0.15, 0.2) is 59.8 Å². The quantitative estimate of drug-likeness (QED) is 0.533. The standard InChI is InChI=1S/C22H23ClN4OS/c1-15-25-26-22(27(15)13-16-5-3-2-4-6-16)29-14-20(28)24-21(17-7-8-17)18-9-11-19(23)12-10-18/h2-6,9-12,17,21H,7-8,13-14H2,1H3,(H,24,28). The molecule has 1 fully saturated rings. The molecule has 1 aromatic heterocycles. The molecule has 1 heterocycles. The molecule has 5 nitrogen and oxygen atoms in total. The van der Waals surface area contributed by atoms with Crippen LogP contribution >= 0.6 is 23.4 Å². The van der Waals surface area contributed by atoms with Gasteiger partial charge in [0.25, 0.3) is 0 Å². The molecule has 0 spiro atoms. The van der Waals surface area contributed by atoms with Crippen molar-refractivity contribution < 1.29 is 4.79 Å². The normalized spacial score (nSPS) is 14.6. The average Bonchev–Trinajstić information content (AvgIpc) is 3.52. The maximum Gasteiger partial charge on any atom is 0.230 e. The van der Waals surface area contributed by atoms with Crippen LogP contribution in [0.3, 0.4) is 0 Å². The van der Waals surface area contributed by atoms with Crippen LogP contribution in [-0.4, -0.2) is 26.4 Å². The second-order valence-electron chi connectivity index (χ2n) is 7.32. The minimum absolute atomic E-state index is 0.00811. The summed E-state index contributed by atoms with van der Waals surface area (Å²) in [5.74, 6) is 1.67. The molecule has 0 radical (unpaired) electrons. The molecular formula is C22H23ClN4OS. The fraction of sp³-hybridized carbons (Fsp3) is 0.318. The number of hydrogen-bond donors (Lipinski definition) is 1. The number of benzene rings is 2. The third-order valence-corrected chi connectivity index (χ3v) is 6.28. The van der Waals surface area contributed by atoms with E-state index in [1.807, 2.05) is 54.0 Å². The zero-order valence-electron chi connectivity index (χ0n) is 16.2. The molecule has 150 valence electrons. The number of carbonyl (C=O) groups excluding carboxylic acids is 1. The molecule has 4 rings (SSSR count). The molecule has 1 aliphatic carbocycles. The van der Waals surface area contributed by atoms with Crippen LogP contribution in [0.2, 0.25) is 5.02 Å². The van der Waals surface area contributed by atoms with Crippen molar-refractivity contribution in [2.24, 2.45) is 5.92 Å². The summed E-state index contributed by atoms with van der Waals surface area (Å²) in [6.07, 6.45) is 2.29. The van der Waals surface area contributed by atoms with Gasteiger partial charge in [-0.05, 0) is 48.9 Å². The number of carbonyl (C=O) groups is 1. The van der Waals surface area contributed by atoms with E-state index in [2.05, 4.69) is 27.6 Å². The number of nitrogens with one attached hydrogen (secondary N) is 1. The molecule has 1 N–H and O–H groups in total. The Morgan fingerprint density at radius 1 is 1.17 bits per heavy atom. The lowest BCUT2D eigenvalue weighted by atomic mass is 10.0. The molecule has 1 atom stereocenters. The minimum Gasteiger partial charge on any atom is -0.348 e. The van der Waals surface area contributed by atoms with Gasteiger partial charge in [0.15, 0.2) is 5.16 Å². The van der Waals surface area contributed by atoms with Gasteiger partial charge in [-0.15, -0.1) is 10.2 Å². The van der Waals surface area contributed by atoms with Gasteiger partial charge < -0.3 is 9.88 Å². The molecule has 29 heavy (non-hydrogen) atoms. The summed E-state index contributed by atoms with van der Waals surface area (Å²) in [5, 5.41) is 13.1. The van der Waals surface area contributed by atoms with Crippen molar-refractivity contribution >= 4 is 29.3 Å². The van der Waals surface area contributed by atoms with Gasteiger partial charge in [-0.1, -0.05) is 65.8 Å². The van der Waals surface area contributed by atoms with Crippen molar-refractivity contribution in [1.29, 1.82) is 0 Å². The van der Waals surface area contributed by atoms with Crippen molar-refractivity contribution in [2.75, 3.05) is 5.75 Å². The van der Waals surface area contributed by atoms with E-state index in [1.54, 1.807) is 0 Å². The number of rotatable bonds is 8. The molecule has 7 heteroatoms. The molecule has 0 aliphatic heterocycles. The van der Waals surface area contributed by atoms with E-state index in [4.69, 9.17) is 11.6 Å². The maximum atomic E-state index is 12.7. The average molecular weight is 427 g/mol. The number of thioether (sulfide) groups is 1. The SMILES string of the molecule is Cc1nnc(SCC(=O)NC(c2ccc(Cl)cc2)C2CC2)n1Cc1ccccc1. The molecule has 1 aliphatic rings. The van der Waals surface area contributed by atoms with Crippen LogP contribution < -0.4 is 5.32 Å². The predicted molar refractivity (Wildman–Crippen MR) is 116 cm³/mol. The predicted octanol–water partition coefficient (Wildman–Crippen LogP) is 4.65. The lowest BCUT2D eigenvalue weighted by Gasteiger charge is -2.19. The molecular weight excluding hydrogens is 404 g/mol. The third kappa shape index (κ3) is 5.19. The summed E-state index contributed by atoms with van der Waals surface area (Å²) >= 11 is 7.43. The van der Waals surface area contributed by atoms with Crippen LogP contribution in [0, 0.1) is 12.8 Å². The first-order chi connectivity index (χ1) is 14.1. The topological polar surface area (TPSA) is 59.8 Å². The van der Waals surface area contributed by atoms with E-state index < -0.39 is 0 Å². The first-order valence-electron chi connectivity index (χ1n) is 9.71. The highest BCUT2D eigenvalue weighted by molar-refractivity contribution is 7.99. The van der Waals surface area contributed by atoms with Gasteiger partial charge in [0.2, 0.25) is 5.91 Å². The summed E-state index contributed by atoms with van der Waals surface area (Å²) in [5.41, 5.74) is 2.29. The summed E-state index contributed by atoms with van der Waals surface area (Å²) < 4.78 is 2.05. The Morgan fingerprint density at radius 3 is 2.59 bits per heavy atom. The van der Waals surface area contributed by atoms with E-state index in [9.17, 15) is 4.79 Å². The largest absolute Gasteiger partial charge is 0.348 e. The van der Waals surface area contributed by atoms with Crippen LogP contribution in [0.5, 0.6) is 0 Å². The zero-order valence-corrected chi connectivity index (χ0v) is 17.8. The first kappa shape index (κ1) is 20.0. The fourth-order valence-corrected chi connectivity index (χ4v) is 4.26. The van der Waals surface area contributed by atoms with E-state index in [1.165, 1.54) is 17.3 Å². The third-order valence-electron chi connectivity index (χ3n) is 5.06. The smallest absolute Gasteiger partial charge is 0.230 e. The van der Waals surface area contributed by atoms with Crippen molar-refractivity contribution in [2.45, 2.75) is 37.5 Å². The molecule has 2 aromatic carbocycles. The second kappa shape index (κ2) is 9.01. The Labute approximate surface area is 179 Å². The molecule has 1 saturated carbocycles. The van der Waals surface area contributed by atoms with Crippen molar-refractivity contribution in [1.82, 2.24) is 20.1 Å². The number of amides is 1. The summed E-state index contributed by atoms with van der Waals surface area (Å²) in [6, 6.07) is 18.0. The Balaban J connectivity index is 1.39. The lowest BCUT2D eigenvalue weighted by Crippen LogP contribution is -2.31. The number of aromatic nitrogens is 3. The van der Waals surface area contributed by atoms with Crippen molar-refractivity contribution in [3.05, 3.63) is 76.6 Å². The highest BCUT2D eigenvalue weighted by Gasteiger charge is 2.33. The monoisotopic (exact) mass is 426 g/mol. The first-order valence-corrected chi connectivity index (χ1v) is 11.1. The second-order valence-corrected chi connectivity index (χ2v) is 8.70. The van der Waals surface area contributed by atoms with Crippen molar-refractivity contribution in [3.8, 4) is 0 Å². The highest BCUT2D eigenvalue weighted by atomic mass is 35.5. The number of aryl methyl sites for hydroxylation is 1. The molecule has 0 saturated heterocycles. The number of halogens is 1. The van der Waals surface area contributed by atoms with Gasteiger partial charge in [0.05, 0.1) is 18.3 Å². The van der Waals surface area contributed by atoms with Crippen LogP contribution in [-0.2, 0) is 11.3 Å². The number of nitrogens with zero attached hydrogens (tertiary/aromatic N) is 3. The molecule has 0 bridgehead atoms. The van der Waals surface area contributed by atoms with E-state index >= 15 is 0 Å². The van der Waals surface area contributed by atoms with Gasteiger partial charge in [-0.25, -0.2) is 0 Å². The van der Waals surface area contributed by atoms with Crippen LogP contribution in [0.25, 0.3) is 0 Å². The van der Waals surface area contributed by atoms with Gasteiger partial charge in [-0.2, -0.15) is 0 Å². The summed E-state index contributed by atoms with van der Waals surface area (Å²) in [7, 11) is 0.